The van der Waals surface area contributed by atoms with Gasteiger partial charge in [0.05, 0.1) is 16.1 Å². The van der Waals surface area contributed by atoms with Gasteiger partial charge in [0, 0.05) is 6.54 Å². The molecule has 0 saturated heterocycles. The highest BCUT2D eigenvalue weighted by molar-refractivity contribution is 9.11. The fourth-order valence-electron chi connectivity index (χ4n) is 1.49. The first-order valence-electron chi connectivity index (χ1n) is 5.92. The molecular weight excluding hydrogens is 378 g/mol. The highest BCUT2D eigenvalue weighted by Gasteiger charge is 2.18. The van der Waals surface area contributed by atoms with E-state index in [0.29, 0.717) is 5.75 Å². The number of esters is 1. The standard InChI is InChI=1S/C13H17Br2NO3/c1-4-16-7-9-5-10(14)12(11(15)6-9)19-8(2)13(17)18-3/h5-6,8,16H,4,7H2,1-3H3. The number of hydrogen-bond acceptors (Lipinski definition) is 4. The summed E-state index contributed by atoms with van der Waals surface area (Å²) in [7, 11) is 1.34. The number of hydrogen-bond donors (Lipinski definition) is 1. The molecule has 1 aromatic rings. The van der Waals surface area contributed by atoms with Gasteiger partial charge in [0.15, 0.2) is 6.10 Å². The van der Waals surface area contributed by atoms with E-state index in [1.54, 1.807) is 6.92 Å². The van der Waals surface area contributed by atoms with E-state index in [1.165, 1.54) is 7.11 Å². The van der Waals surface area contributed by atoms with Crippen molar-refractivity contribution in [1.82, 2.24) is 5.32 Å². The normalized spacial score (nSPS) is 12.1. The Labute approximate surface area is 130 Å². The van der Waals surface area contributed by atoms with Crippen LogP contribution in [-0.4, -0.2) is 25.7 Å². The summed E-state index contributed by atoms with van der Waals surface area (Å²) in [4.78, 5) is 11.4. The lowest BCUT2D eigenvalue weighted by molar-refractivity contribution is -0.147. The van der Waals surface area contributed by atoms with Crippen LogP contribution in [0.15, 0.2) is 21.1 Å². The van der Waals surface area contributed by atoms with Crippen LogP contribution >= 0.6 is 31.9 Å². The molecular formula is C13H17Br2NO3. The minimum absolute atomic E-state index is 0.407. The van der Waals surface area contributed by atoms with E-state index >= 15 is 0 Å². The molecule has 6 heteroatoms. The number of carbonyl (C=O) groups excluding carboxylic acids is 1. The summed E-state index contributed by atoms with van der Waals surface area (Å²) < 4.78 is 11.8. The van der Waals surface area contributed by atoms with Gasteiger partial charge in [-0.05, 0) is 63.0 Å². The summed E-state index contributed by atoms with van der Waals surface area (Å²) in [6, 6.07) is 3.93. The highest BCUT2D eigenvalue weighted by Crippen LogP contribution is 2.35. The van der Waals surface area contributed by atoms with Crippen LogP contribution in [0.2, 0.25) is 0 Å². The molecule has 0 bridgehead atoms. The lowest BCUT2D eigenvalue weighted by Crippen LogP contribution is -2.25. The summed E-state index contributed by atoms with van der Waals surface area (Å²) in [6.45, 7) is 5.39. The Hall–Kier alpha value is -0.590. The average molecular weight is 395 g/mol. The zero-order chi connectivity index (χ0) is 14.4. The van der Waals surface area contributed by atoms with E-state index in [0.717, 1.165) is 27.6 Å². The predicted octanol–water partition coefficient (Wildman–Crippen LogP) is 3.26. The Morgan fingerprint density at radius 3 is 2.42 bits per heavy atom. The molecule has 0 spiro atoms. The zero-order valence-electron chi connectivity index (χ0n) is 11.1. The van der Waals surface area contributed by atoms with Crippen LogP contribution in [0.5, 0.6) is 5.75 Å². The quantitative estimate of drug-likeness (QED) is 0.752. The molecule has 0 aliphatic carbocycles. The van der Waals surface area contributed by atoms with Crippen molar-refractivity contribution in [2.75, 3.05) is 13.7 Å². The highest BCUT2D eigenvalue weighted by atomic mass is 79.9. The van der Waals surface area contributed by atoms with E-state index in [4.69, 9.17) is 4.74 Å². The van der Waals surface area contributed by atoms with Gasteiger partial charge in [0.1, 0.15) is 5.75 Å². The number of methoxy groups -OCH3 is 1. The van der Waals surface area contributed by atoms with E-state index in [-0.39, 0.29) is 0 Å². The second kappa shape index (κ2) is 7.87. The molecule has 0 saturated carbocycles. The first kappa shape index (κ1) is 16.5. The number of benzene rings is 1. The topological polar surface area (TPSA) is 47.6 Å². The van der Waals surface area contributed by atoms with Crippen molar-refractivity contribution in [3.05, 3.63) is 26.6 Å². The molecule has 0 radical (unpaired) electrons. The predicted molar refractivity (Wildman–Crippen MR) is 81.3 cm³/mol. The Bertz CT molecular complexity index is 429. The maximum Gasteiger partial charge on any atom is 0.346 e. The molecule has 0 amide bonds. The van der Waals surface area contributed by atoms with Crippen LogP contribution in [0.4, 0.5) is 0 Å². The molecule has 1 rings (SSSR count). The summed E-state index contributed by atoms with van der Waals surface area (Å²) >= 11 is 6.91. The van der Waals surface area contributed by atoms with Crippen LogP contribution in [-0.2, 0) is 16.1 Å². The van der Waals surface area contributed by atoms with Gasteiger partial charge in [-0.2, -0.15) is 0 Å². The summed E-state index contributed by atoms with van der Waals surface area (Å²) in [6.07, 6.45) is -0.655. The molecule has 0 aliphatic heterocycles. The first-order valence-corrected chi connectivity index (χ1v) is 7.51. The van der Waals surface area contributed by atoms with Gasteiger partial charge in [-0.3, -0.25) is 0 Å². The molecule has 1 aromatic carbocycles. The number of rotatable bonds is 6. The van der Waals surface area contributed by atoms with E-state index < -0.39 is 12.1 Å². The SMILES string of the molecule is CCNCc1cc(Br)c(OC(C)C(=O)OC)c(Br)c1. The van der Waals surface area contributed by atoms with Gasteiger partial charge in [-0.25, -0.2) is 4.79 Å². The monoisotopic (exact) mass is 393 g/mol. The molecule has 0 aromatic heterocycles. The van der Waals surface area contributed by atoms with Crippen molar-refractivity contribution >= 4 is 37.8 Å². The van der Waals surface area contributed by atoms with Crippen LogP contribution in [0.1, 0.15) is 19.4 Å². The third kappa shape index (κ3) is 4.78. The van der Waals surface area contributed by atoms with Crippen molar-refractivity contribution in [2.24, 2.45) is 0 Å². The summed E-state index contributed by atoms with van der Waals surface area (Å²) in [5.41, 5.74) is 1.12. The minimum Gasteiger partial charge on any atom is -0.477 e. The lowest BCUT2D eigenvalue weighted by Gasteiger charge is -2.16. The van der Waals surface area contributed by atoms with Crippen LogP contribution in [0.3, 0.4) is 0 Å². The second-order valence-corrected chi connectivity index (χ2v) is 5.66. The van der Waals surface area contributed by atoms with Crippen molar-refractivity contribution < 1.29 is 14.3 Å². The Kier molecular flexibility index (Phi) is 6.82. The van der Waals surface area contributed by atoms with Crippen molar-refractivity contribution in [2.45, 2.75) is 26.5 Å². The molecule has 106 valence electrons. The van der Waals surface area contributed by atoms with Crippen LogP contribution < -0.4 is 10.1 Å². The van der Waals surface area contributed by atoms with Crippen molar-refractivity contribution in [3.63, 3.8) is 0 Å². The molecule has 0 heterocycles. The minimum atomic E-state index is -0.655. The van der Waals surface area contributed by atoms with E-state index in [1.807, 2.05) is 12.1 Å². The molecule has 1 unspecified atom stereocenters. The van der Waals surface area contributed by atoms with Gasteiger partial charge in [0.2, 0.25) is 0 Å². The van der Waals surface area contributed by atoms with E-state index in [2.05, 4.69) is 48.8 Å². The van der Waals surface area contributed by atoms with Gasteiger partial charge < -0.3 is 14.8 Å². The number of nitrogens with one attached hydrogen (secondary N) is 1. The summed E-state index contributed by atoms with van der Waals surface area (Å²) in [5.74, 6) is 0.189. The number of halogens is 2. The van der Waals surface area contributed by atoms with E-state index in [9.17, 15) is 4.79 Å². The Balaban J connectivity index is 2.87. The van der Waals surface area contributed by atoms with Gasteiger partial charge >= 0.3 is 5.97 Å². The molecule has 1 N–H and O–H groups in total. The lowest BCUT2D eigenvalue weighted by atomic mass is 10.2. The smallest absolute Gasteiger partial charge is 0.346 e. The molecule has 0 fully saturated rings. The number of carbonyl (C=O) groups is 1. The third-order valence-corrected chi connectivity index (χ3v) is 3.64. The number of ether oxygens (including phenoxy) is 2. The average Bonchev–Trinajstić information content (AvgIpc) is 2.39. The first-order chi connectivity index (χ1) is 8.99. The van der Waals surface area contributed by atoms with Crippen molar-refractivity contribution in [3.8, 4) is 5.75 Å². The van der Waals surface area contributed by atoms with Crippen molar-refractivity contribution in [1.29, 1.82) is 0 Å². The maximum atomic E-state index is 11.4. The zero-order valence-corrected chi connectivity index (χ0v) is 14.3. The largest absolute Gasteiger partial charge is 0.477 e. The molecule has 4 nitrogen and oxygen atoms in total. The maximum absolute atomic E-state index is 11.4. The molecule has 1 atom stereocenters. The molecule has 0 aliphatic rings. The van der Waals surface area contributed by atoms with Gasteiger partial charge in [-0.15, -0.1) is 0 Å². The third-order valence-electron chi connectivity index (χ3n) is 2.46. The second-order valence-electron chi connectivity index (χ2n) is 3.95. The Morgan fingerprint density at radius 1 is 1.37 bits per heavy atom. The van der Waals surface area contributed by atoms with Gasteiger partial charge in [-0.1, -0.05) is 6.92 Å². The molecule has 19 heavy (non-hydrogen) atoms. The fraction of sp³-hybridized carbons (Fsp3) is 0.462. The van der Waals surface area contributed by atoms with Crippen LogP contribution in [0, 0.1) is 0 Å². The Morgan fingerprint density at radius 2 is 1.95 bits per heavy atom. The fourth-order valence-corrected chi connectivity index (χ4v) is 2.96. The van der Waals surface area contributed by atoms with Crippen LogP contribution in [0.25, 0.3) is 0 Å². The van der Waals surface area contributed by atoms with Gasteiger partial charge in [0.25, 0.3) is 0 Å². The summed E-state index contributed by atoms with van der Waals surface area (Å²) in [5, 5.41) is 3.25.